The average Bonchev–Trinajstić information content (AvgIpc) is 2.29. The smallest absolute Gasteiger partial charge is 0.387 e. The summed E-state index contributed by atoms with van der Waals surface area (Å²) in [5.41, 5.74) is 1.53. The lowest BCUT2D eigenvalue weighted by Gasteiger charge is -2.07. The summed E-state index contributed by atoms with van der Waals surface area (Å²) in [6.45, 7) is 0. The van der Waals surface area contributed by atoms with Crippen molar-refractivity contribution in [2.75, 3.05) is 0 Å². The van der Waals surface area contributed by atoms with Crippen molar-refractivity contribution in [2.45, 2.75) is 11.2 Å². The lowest BCUT2D eigenvalue weighted by molar-refractivity contribution is 0.388. The summed E-state index contributed by atoms with van der Waals surface area (Å²) in [5, 5.41) is 26.2. The Balaban J connectivity index is 2.75. The SMILES string of the molecule is N#Cc1ccc(C(Br)C/C(O)=C\[N+]#N)cc1. The summed E-state index contributed by atoms with van der Waals surface area (Å²) >= 11 is 3.40. The fraction of sp³-hybridized carbons (Fsp3) is 0.182. The molecule has 1 aromatic rings. The number of aliphatic hydroxyl groups is 1. The number of hydrogen-bond donors (Lipinski definition) is 1. The highest BCUT2D eigenvalue weighted by Crippen LogP contribution is 2.28. The predicted molar refractivity (Wildman–Crippen MR) is 63.2 cm³/mol. The van der Waals surface area contributed by atoms with Gasteiger partial charge in [-0.3, -0.25) is 0 Å². The Morgan fingerprint density at radius 1 is 1.50 bits per heavy atom. The third-order valence-corrected chi connectivity index (χ3v) is 2.85. The van der Waals surface area contributed by atoms with Gasteiger partial charge < -0.3 is 5.11 Å². The van der Waals surface area contributed by atoms with Crippen LogP contribution in [0.5, 0.6) is 0 Å². The number of halogens is 1. The molecule has 16 heavy (non-hydrogen) atoms. The van der Waals surface area contributed by atoms with E-state index in [1.54, 1.807) is 24.3 Å². The van der Waals surface area contributed by atoms with E-state index in [0.29, 0.717) is 12.0 Å². The molecule has 0 spiro atoms. The number of hydrogen-bond acceptors (Lipinski definition) is 3. The number of nitrogens with zero attached hydrogens (tertiary/aromatic N) is 3. The topological polar surface area (TPSA) is 72.2 Å². The van der Waals surface area contributed by atoms with E-state index in [4.69, 9.17) is 10.7 Å². The van der Waals surface area contributed by atoms with Crippen molar-refractivity contribution in [1.82, 2.24) is 0 Å². The van der Waals surface area contributed by atoms with Crippen LogP contribution >= 0.6 is 15.9 Å². The van der Waals surface area contributed by atoms with Gasteiger partial charge in [0, 0.05) is 11.2 Å². The van der Waals surface area contributed by atoms with Crippen molar-refractivity contribution in [1.29, 1.82) is 10.7 Å². The molecule has 0 saturated heterocycles. The summed E-state index contributed by atoms with van der Waals surface area (Å²) in [6.07, 6.45) is 1.30. The molecule has 0 bridgehead atoms. The standard InChI is InChI=1S/C11H8BrN3O/c12-11(5-10(16)7-15-14)9-3-1-8(6-13)2-4-9/h1-4,7,11H,5H2/p+1/b10-7+. The quantitative estimate of drug-likeness (QED) is 0.521. The van der Waals surface area contributed by atoms with Crippen molar-refractivity contribution in [3.8, 4) is 6.07 Å². The summed E-state index contributed by atoms with van der Waals surface area (Å²) in [5.74, 6) is -0.0197. The molecule has 0 heterocycles. The van der Waals surface area contributed by atoms with Crippen molar-refractivity contribution in [3.05, 3.63) is 52.3 Å². The minimum atomic E-state index is -0.0850. The van der Waals surface area contributed by atoms with Gasteiger partial charge in [-0.2, -0.15) is 5.26 Å². The largest absolute Gasteiger partial charge is 0.505 e. The van der Waals surface area contributed by atoms with Crippen LogP contribution in [0.15, 0.2) is 36.2 Å². The zero-order valence-corrected chi connectivity index (χ0v) is 9.92. The monoisotopic (exact) mass is 278 g/mol. The first kappa shape index (κ1) is 12.2. The van der Waals surface area contributed by atoms with Gasteiger partial charge in [-0.05, 0) is 17.7 Å². The number of alkyl halides is 1. The molecular weight excluding hydrogens is 270 g/mol. The van der Waals surface area contributed by atoms with Crippen LogP contribution in [-0.4, -0.2) is 5.11 Å². The van der Waals surface area contributed by atoms with E-state index >= 15 is 0 Å². The molecule has 1 rings (SSSR count). The number of aliphatic hydroxyl groups excluding tert-OH is 1. The van der Waals surface area contributed by atoms with E-state index in [0.717, 1.165) is 11.8 Å². The second-order valence-electron chi connectivity index (χ2n) is 3.14. The highest BCUT2D eigenvalue weighted by atomic mass is 79.9. The minimum absolute atomic E-state index is 0.0197. The first-order chi connectivity index (χ1) is 7.67. The van der Waals surface area contributed by atoms with Gasteiger partial charge >= 0.3 is 6.20 Å². The Bertz CT molecular complexity index is 467. The molecule has 1 N–H and O–H groups in total. The molecule has 1 aromatic carbocycles. The highest BCUT2D eigenvalue weighted by Gasteiger charge is 2.11. The van der Waals surface area contributed by atoms with E-state index < -0.39 is 0 Å². The summed E-state index contributed by atoms with van der Waals surface area (Å²) in [6, 6.07) is 9.06. The zero-order valence-electron chi connectivity index (χ0n) is 8.34. The van der Waals surface area contributed by atoms with Gasteiger partial charge in [0.05, 0.1) is 11.6 Å². The van der Waals surface area contributed by atoms with Crippen LogP contribution in [-0.2, 0) is 0 Å². The molecule has 0 fully saturated rings. The number of benzene rings is 1. The third-order valence-electron chi connectivity index (χ3n) is 2.00. The second-order valence-corrected chi connectivity index (χ2v) is 4.25. The van der Waals surface area contributed by atoms with Crippen LogP contribution in [0.2, 0.25) is 0 Å². The van der Waals surface area contributed by atoms with E-state index in [1.165, 1.54) is 0 Å². The second kappa shape index (κ2) is 5.89. The molecule has 0 amide bonds. The lowest BCUT2D eigenvalue weighted by atomic mass is 10.1. The third kappa shape index (κ3) is 3.38. The molecule has 80 valence electrons. The summed E-state index contributed by atoms with van der Waals surface area (Å²) < 4.78 is 0. The Labute approximate surface area is 102 Å². The molecule has 0 saturated carbocycles. The van der Waals surface area contributed by atoms with Crippen molar-refractivity contribution in [3.63, 3.8) is 0 Å². The van der Waals surface area contributed by atoms with Crippen LogP contribution in [0.3, 0.4) is 0 Å². The zero-order chi connectivity index (χ0) is 12.0. The van der Waals surface area contributed by atoms with E-state index in [-0.39, 0.29) is 10.6 Å². The van der Waals surface area contributed by atoms with Gasteiger partial charge in [-0.15, -0.1) is 0 Å². The normalized spacial score (nSPS) is 12.6. The van der Waals surface area contributed by atoms with Crippen molar-refractivity contribution < 1.29 is 5.11 Å². The average molecular weight is 279 g/mol. The number of rotatable bonds is 3. The maximum Gasteiger partial charge on any atom is 0.387 e. The first-order valence-electron chi connectivity index (χ1n) is 4.53. The van der Waals surface area contributed by atoms with Gasteiger partial charge in [-0.25, -0.2) is 0 Å². The van der Waals surface area contributed by atoms with E-state index in [1.807, 2.05) is 6.07 Å². The van der Waals surface area contributed by atoms with E-state index in [9.17, 15) is 5.11 Å². The van der Waals surface area contributed by atoms with Crippen LogP contribution in [0.1, 0.15) is 22.4 Å². The summed E-state index contributed by atoms with van der Waals surface area (Å²) in [4.78, 5) is 2.65. The van der Waals surface area contributed by atoms with Gasteiger partial charge in [0.1, 0.15) is 0 Å². The highest BCUT2D eigenvalue weighted by molar-refractivity contribution is 9.09. The van der Waals surface area contributed by atoms with Gasteiger partial charge in [-0.1, -0.05) is 28.1 Å². The lowest BCUT2D eigenvalue weighted by Crippen LogP contribution is -1.92. The van der Waals surface area contributed by atoms with Crippen LogP contribution in [0, 0.1) is 16.7 Å². The molecule has 0 aliphatic heterocycles. The van der Waals surface area contributed by atoms with Crippen LogP contribution in [0.4, 0.5) is 0 Å². The molecule has 5 heteroatoms. The number of nitriles is 1. The molecule has 1 unspecified atom stereocenters. The Hall–Kier alpha value is -1.85. The van der Waals surface area contributed by atoms with Crippen molar-refractivity contribution >= 4 is 15.9 Å². The fourth-order valence-corrected chi connectivity index (χ4v) is 1.82. The molecule has 0 aromatic heterocycles. The minimum Gasteiger partial charge on any atom is -0.505 e. The van der Waals surface area contributed by atoms with Gasteiger partial charge in [0.2, 0.25) is 5.39 Å². The molecule has 0 aliphatic rings. The van der Waals surface area contributed by atoms with Gasteiger partial charge in [0.25, 0.3) is 0 Å². The number of allylic oxidation sites excluding steroid dienone is 1. The Kier molecular flexibility index (Phi) is 4.50. The maximum atomic E-state index is 9.31. The van der Waals surface area contributed by atoms with Crippen LogP contribution < -0.4 is 0 Å². The molecule has 0 radical (unpaired) electrons. The fourth-order valence-electron chi connectivity index (χ4n) is 1.19. The Morgan fingerprint density at radius 3 is 2.62 bits per heavy atom. The molecule has 0 aliphatic carbocycles. The van der Waals surface area contributed by atoms with Gasteiger partial charge in [0.15, 0.2) is 10.7 Å². The first-order valence-corrected chi connectivity index (χ1v) is 5.45. The predicted octanol–water partition coefficient (Wildman–Crippen LogP) is 3.64. The molecular formula is C11H9BrN3O+. The molecule has 4 nitrogen and oxygen atoms in total. The van der Waals surface area contributed by atoms with Crippen molar-refractivity contribution in [2.24, 2.45) is 0 Å². The van der Waals surface area contributed by atoms with Crippen LogP contribution in [0.25, 0.3) is 4.98 Å². The number of diazo groups is 1. The molecule has 1 atom stereocenters. The maximum absolute atomic E-state index is 9.31. The van der Waals surface area contributed by atoms with E-state index in [2.05, 4.69) is 20.9 Å². The Morgan fingerprint density at radius 2 is 2.12 bits per heavy atom. The summed E-state index contributed by atoms with van der Waals surface area (Å²) in [7, 11) is 0.